The van der Waals surface area contributed by atoms with Gasteiger partial charge in [-0.2, -0.15) is 57.1 Å². The van der Waals surface area contributed by atoms with Crippen molar-refractivity contribution >= 4 is 0 Å². The van der Waals surface area contributed by atoms with Crippen LogP contribution in [-0.2, 0) is 9.47 Å². The van der Waals surface area contributed by atoms with Crippen molar-refractivity contribution < 1.29 is 70.9 Å². The lowest BCUT2D eigenvalue weighted by atomic mass is 10.2. The van der Waals surface area contributed by atoms with Crippen LogP contribution in [0.5, 0.6) is 0 Å². The van der Waals surface area contributed by atoms with Crippen molar-refractivity contribution in [3.8, 4) is 0 Å². The molecule has 1 atom stereocenters. The van der Waals surface area contributed by atoms with Crippen LogP contribution in [0.4, 0.5) is 61.5 Å². The molecule has 0 aromatic rings. The van der Waals surface area contributed by atoms with Crippen molar-refractivity contribution in [1.82, 2.24) is 0 Å². The van der Waals surface area contributed by atoms with E-state index in [0.717, 1.165) is 0 Å². The highest BCUT2D eigenvalue weighted by molar-refractivity contribution is 4.96. The van der Waals surface area contributed by atoms with E-state index in [9.17, 15) is 61.5 Å². The lowest BCUT2D eigenvalue weighted by Crippen LogP contribution is -2.63. The van der Waals surface area contributed by atoms with Crippen LogP contribution in [0.2, 0.25) is 0 Å². The van der Waals surface area contributed by atoms with Crippen molar-refractivity contribution in [2.75, 3.05) is 0 Å². The van der Waals surface area contributed by atoms with E-state index in [4.69, 9.17) is 0 Å². The summed E-state index contributed by atoms with van der Waals surface area (Å²) >= 11 is 0. The van der Waals surface area contributed by atoms with Crippen molar-refractivity contribution in [1.29, 1.82) is 0 Å². The van der Waals surface area contributed by atoms with E-state index in [1.54, 1.807) is 11.3 Å². The molecule has 0 aliphatic rings. The zero-order chi connectivity index (χ0) is 20.0. The lowest BCUT2D eigenvalue weighted by molar-refractivity contribution is -0.543. The summed E-state index contributed by atoms with van der Waals surface area (Å²) in [5.41, 5.74) is 0. The van der Waals surface area contributed by atoms with Crippen LogP contribution in [0.25, 0.3) is 0 Å². The Labute approximate surface area is 121 Å². The molecule has 16 heteroatoms. The summed E-state index contributed by atoms with van der Waals surface area (Å²) in [5.74, 6) is -10.6. The summed E-state index contributed by atoms with van der Waals surface area (Å²) < 4.78 is 175. The van der Waals surface area contributed by atoms with Crippen LogP contribution < -0.4 is 0 Å². The predicted octanol–water partition coefficient (Wildman–Crippen LogP) is 5.07. The van der Waals surface area contributed by atoms with Crippen LogP contribution in [-0.4, -0.2) is 36.5 Å². The molecule has 2 nitrogen and oxygen atoms in total. The molecule has 0 aliphatic heterocycles. The summed E-state index contributed by atoms with van der Waals surface area (Å²) in [6, 6.07) is 0. The maximum atomic E-state index is 13.2. The zero-order valence-electron chi connectivity index (χ0n) is 10.3. The molecule has 0 saturated heterocycles. The Morgan fingerprint density at radius 2 is 0.958 bits per heavy atom. The fourth-order valence-electron chi connectivity index (χ4n) is 0.799. The first-order chi connectivity index (χ1) is 10.1. The fourth-order valence-corrected chi connectivity index (χ4v) is 0.799. The van der Waals surface area contributed by atoms with E-state index in [1.165, 1.54) is 4.74 Å². The molecular formula is C8H2F14O2. The number of ether oxygens (including phenoxy) is 2. The Morgan fingerprint density at radius 3 is 1.21 bits per heavy atom. The number of hydrogen-bond acceptors (Lipinski definition) is 2. The smallest absolute Gasteiger partial charge is 0.262 e. The molecule has 24 heavy (non-hydrogen) atoms. The largest absolute Gasteiger partial charge is 0.483 e. The number of halogens is 14. The molecule has 1 unspecified atom stereocenters. The van der Waals surface area contributed by atoms with Gasteiger partial charge in [-0.3, -0.25) is 4.74 Å². The van der Waals surface area contributed by atoms with Crippen LogP contribution in [0.1, 0.15) is 0 Å². The molecule has 0 fully saturated rings. The van der Waals surface area contributed by atoms with Gasteiger partial charge in [-0.25, -0.2) is 9.13 Å². The standard InChI is InChI=1S/C8H2F14O2/c1-2(9)3(10,11)23-4(12,5(13,14)15)7(19,20)24-8(21,22)6(16,17)18/h1H2. The van der Waals surface area contributed by atoms with Crippen molar-refractivity contribution in [3.63, 3.8) is 0 Å². The Bertz CT molecular complexity index is 476. The third-order valence-electron chi connectivity index (χ3n) is 1.91. The van der Waals surface area contributed by atoms with Gasteiger partial charge in [-0.05, 0) is 0 Å². The number of rotatable bonds is 6. The number of hydrogen-bond donors (Lipinski definition) is 0. The van der Waals surface area contributed by atoms with Gasteiger partial charge < -0.3 is 0 Å². The third-order valence-corrected chi connectivity index (χ3v) is 1.91. The van der Waals surface area contributed by atoms with Gasteiger partial charge in [-0.1, -0.05) is 6.58 Å². The molecule has 0 amide bonds. The van der Waals surface area contributed by atoms with Gasteiger partial charge >= 0.3 is 36.5 Å². The first-order valence-corrected chi connectivity index (χ1v) is 4.82. The minimum absolute atomic E-state index is 1.41. The van der Waals surface area contributed by atoms with Crippen molar-refractivity contribution in [2.45, 2.75) is 36.5 Å². The van der Waals surface area contributed by atoms with E-state index in [-0.39, 0.29) is 0 Å². The molecule has 0 saturated carbocycles. The average molecular weight is 396 g/mol. The molecule has 0 N–H and O–H groups in total. The molecule has 0 aromatic carbocycles. The lowest BCUT2D eigenvalue weighted by Gasteiger charge is -2.37. The average Bonchev–Trinajstić information content (AvgIpc) is 2.22. The van der Waals surface area contributed by atoms with Crippen molar-refractivity contribution in [3.05, 3.63) is 12.4 Å². The molecular weight excluding hydrogens is 394 g/mol. The first kappa shape index (κ1) is 22.7. The van der Waals surface area contributed by atoms with Gasteiger partial charge in [0.05, 0.1) is 0 Å². The van der Waals surface area contributed by atoms with E-state index < -0.39 is 42.4 Å². The second-order valence-electron chi connectivity index (χ2n) is 3.75. The molecule has 0 heterocycles. The second kappa shape index (κ2) is 5.89. The monoisotopic (exact) mass is 396 g/mol. The quantitative estimate of drug-likeness (QED) is 0.584. The molecule has 0 bridgehead atoms. The minimum atomic E-state index is -7.40. The highest BCUT2D eigenvalue weighted by atomic mass is 19.4. The Kier molecular flexibility index (Phi) is 5.56. The summed E-state index contributed by atoms with van der Waals surface area (Å²) in [6.07, 6.45) is -35.2. The van der Waals surface area contributed by atoms with E-state index >= 15 is 0 Å². The maximum absolute atomic E-state index is 13.2. The minimum Gasteiger partial charge on any atom is -0.262 e. The third kappa shape index (κ3) is 4.20. The summed E-state index contributed by atoms with van der Waals surface area (Å²) in [7, 11) is 0. The van der Waals surface area contributed by atoms with Crippen molar-refractivity contribution in [2.24, 2.45) is 0 Å². The van der Waals surface area contributed by atoms with E-state index in [0.29, 0.717) is 0 Å². The Morgan fingerprint density at radius 1 is 0.583 bits per heavy atom. The molecule has 0 rings (SSSR count). The van der Waals surface area contributed by atoms with Crippen LogP contribution in [0, 0.1) is 0 Å². The SMILES string of the molecule is C=C(F)C(F)(F)OC(F)(C(F)(F)F)C(F)(F)OC(F)(F)C(F)(F)F. The normalized spacial score (nSPS) is 17.6. The molecule has 0 aromatic heterocycles. The topological polar surface area (TPSA) is 18.5 Å². The van der Waals surface area contributed by atoms with Gasteiger partial charge in [0.25, 0.3) is 0 Å². The fraction of sp³-hybridized carbons (Fsp3) is 0.750. The van der Waals surface area contributed by atoms with Gasteiger partial charge in [0, 0.05) is 0 Å². The van der Waals surface area contributed by atoms with E-state index in [2.05, 4.69) is 0 Å². The van der Waals surface area contributed by atoms with Gasteiger partial charge in [-0.15, -0.1) is 0 Å². The maximum Gasteiger partial charge on any atom is 0.483 e. The van der Waals surface area contributed by atoms with Crippen LogP contribution in [0.3, 0.4) is 0 Å². The highest BCUT2D eigenvalue weighted by Gasteiger charge is 2.81. The molecule has 0 radical (unpaired) electrons. The van der Waals surface area contributed by atoms with E-state index in [1.807, 2.05) is 0 Å². The van der Waals surface area contributed by atoms with Gasteiger partial charge in [0.1, 0.15) is 0 Å². The summed E-state index contributed by atoms with van der Waals surface area (Å²) in [6.45, 7) is 1.60. The molecule has 144 valence electrons. The highest BCUT2D eigenvalue weighted by Crippen LogP contribution is 2.53. The second-order valence-corrected chi connectivity index (χ2v) is 3.75. The molecule has 0 spiro atoms. The van der Waals surface area contributed by atoms with Crippen LogP contribution >= 0.6 is 0 Å². The Balaban J connectivity index is 6.05. The summed E-state index contributed by atoms with van der Waals surface area (Å²) in [5, 5.41) is 0. The predicted molar refractivity (Wildman–Crippen MR) is 43.2 cm³/mol. The molecule has 0 aliphatic carbocycles. The van der Waals surface area contributed by atoms with Crippen LogP contribution in [0.15, 0.2) is 12.4 Å². The number of alkyl halides is 13. The summed E-state index contributed by atoms with van der Waals surface area (Å²) in [4.78, 5) is 0. The van der Waals surface area contributed by atoms with Gasteiger partial charge in [0.2, 0.25) is 0 Å². The first-order valence-electron chi connectivity index (χ1n) is 4.82. The zero-order valence-corrected chi connectivity index (χ0v) is 10.3. The van der Waals surface area contributed by atoms with Gasteiger partial charge in [0.15, 0.2) is 5.83 Å². The Hall–Kier alpha value is -1.32.